The van der Waals surface area contributed by atoms with Crippen LogP contribution in [0.5, 0.6) is 0 Å². The molecule has 0 bridgehead atoms. The van der Waals surface area contributed by atoms with Crippen molar-refractivity contribution in [2.75, 3.05) is 18.0 Å². The molecule has 0 spiro atoms. The summed E-state index contributed by atoms with van der Waals surface area (Å²) in [4.78, 5) is 26.2. The molecule has 0 radical (unpaired) electrons. The highest BCUT2D eigenvalue weighted by atomic mass is 16.2. The molecule has 20 heavy (non-hydrogen) atoms. The zero-order chi connectivity index (χ0) is 14.9. The van der Waals surface area contributed by atoms with Gasteiger partial charge in [0.25, 0.3) is 5.56 Å². The summed E-state index contributed by atoms with van der Waals surface area (Å²) in [5.74, 6) is 1.10. The Hall–Kier alpha value is -2.03. The van der Waals surface area contributed by atoms with Gasteiger partial charge < -0.3 is 4.90 Å². The molecule has 0 amide bonds. The summed E-state index contributed by atoms with van der Waals surface area (Å²) in [7, 11) is 3.02. The average molecular weight is 276 g/mol. The lowest BCUT2D eigenvalue weighted by Crippen LogP contribution is -2.43. The minimum absolute atomic E-state index is 0.0594. The van der Waals surface area contributed by atoms with Crippen LogP contribution in [0.2, 0.25) is 0 Å². The van der Waals surface area contributed by atoms with Gasteiger partial charge in [0.2, 0.25) is 0 Å². The Balaban J connectivity index is 2.59. The highest BCUT2D eigenvalue weighted by Crippen LogP contribution is 2.22. The van der Waals surface area contributed by atoms with Crippen LogP contribution in [-0.4, -0.2) is 22.2 Å². The Morgan fingerprint density at radius 1 is 1.15 bits per heavy atom. The van der Waals surface area contributed by atoms with Crippen molar-refractivity contribution in [1.82, 2.24) is 9.13 Å². The largest absolute Gasteiger partial charge is 0.357 e. The highest BCUT2D eigenvalue weighted by Gasteiger charge is 2.22. The first-order valence-electron chi connectivity index (χ1n) is 6.92. The van der Waals surface area contributed by atoms with Gasteiger partial charge in [0.15, 0.2) is 5.56 Å². The van der Waals surface area contributed by atoms with Gasteiger partial charge in [-0.25, -0.2) is 4.79 Å². The summed E-state index contributed by atoms with van der Waals surface area (Å²) in [5, 5.41) is 9.29. The molecule has 1 aliphatic rings. The number of aromatic nitrogens is 2. The molecule has 1 aromatic rings. The average Bonchev–Trinajstić information content (AvgIpc) is 2.65. The van der Waals surface area contributed by atoms with Gasteiger partial charge in [-0.1, -0.05) is 6.92 Å². The number of anilines is 1. The van der Waals surface area contributed by atoms with Gasteiger partial charge in [-0.05, 0) is 25.2 Å². The molecule has 2 heterocycles. The van der Waals surface area contributed by atoms with Crippen LogP contribution in [0.3, 0.4) is 0 Å². The van der Waals surface area contributed by atoms with Crippen LogP contribution in [0.4, 0.5) is 5.82 Å². The second-order valence-corrected chi connectivity index (χ2v) is 5.54. The quantitative estimate of drug-likeness (QED) is 0.752. The number of nitriles is 1. The monoisotopic (exact) mass is 276 g/mol. The van der Waals surface area contributed by atoms with E-state index in [-0.39, 0.29) is 11.3 Å². The fourth-order valence-electron chi connectivity index (χ4n) is 2.78. The van der Waals surface area contributed by atoms with Gasteiger partial charge in [0, 0.05) is 27.2 Å². The third-order valence-electron chi connectivity index (χ3n) is 4.06. The zero-order valence-corrected chi connectivity index (χ0v) is 12.2. The van der Waals surface area contributed by atoms with E-state index < -0.39 is 5.56 Å². The van der Waals surface area contributed by atoms with Gasteiger partial charge in [-0.3, -0.25) is 13.9 Å². The zero-order valence-electron chi connectivity index (χ0n) is 12.2. The van der Waals surface area contributed by atoms with Crippen molar-refractivity contribution in [2.45, 2.75) is 26.2 Å². The maximum Gasteiger partial charge on any atom is 0.332 e. The number of nitrogens with zero attached hydrogens (tertiary/aromatic N) is 4. The molecule has 2 rings (SSSR count). The third kappa shape index (κ3) is 2.36. The molecule has 0 aliphatic carbocycles. The molecule has 1 saturated heterocycles. The van der Waals surface area contributed by atoms with E-state index in [9.17, 15) is 14.9 Å². The molecule has 6 nitrogen and oxygen atoms in total. The predicted molar refractivity (Wildman–Crippen MR) is 76.9 cm³/mol. The van der Waals surface area contributed by atoms with Crippen molar-refractivity contribution in [3.05, 3.63) is 26.4 Å². The van der Waals surface area contributed by atoms with Crippen molar-refractivity contribution < 1.29 is 0 Å². The molecule has 0 unspecified atom stereocenters. The van der Waals surface area contributed by atoms with Crippen LogP contribution in [0.15, 0.2) is 9.59 Å². The summed E-state index contributed by atoms with van der Waals surface area (Å²) < 4.78 is 2.40. The fraction of sp³-hybridized carbons (Fsp3) is 0.643. The van der Waals surface area contributed by atoms with Gasteiger partial charge in [0.05, 0.1) is 0 Å². The van der Waals surface area contributed by atoms with Crippen LogP contribution in [0, 0.1) is 17.2 Å². The summed E-state index contributed by atoms with van der Waals surface area (Å²) in [6.07, 6.45) is 3.15. The second-order valence-electron chi connectivity index (χ2n) is 5.54. The van der Waals surface area contributed by atoms with Gasteiger partial charge in [-0.2, -0.15) is 5.26 Å². The van der Waals surface area contributed by atoms with Crippen LogP contribution in [0.25, 0.3) is 0 Å². The predicted octanol–water partition coefficient (Wildman–Crippen LogP) is 0.582. The summed E-state index contributed by atoms with van der Waals surface area (Å²) in [6.45, 7) is 3.76. The van der Waals surface area contributed by atoms with Crippen molar-refractivity contribution in [2.24, 2.45) is 20.0 Å². The molecular weight excluding hydrogens is 256 g/mol. The first-order valence-corrected chi connectivity index (χ1v) is 6.92. The van der Waals surface area contributed by atoms with Gasteiger partial charge in [0.1, 0.15) is 11.9 Å². The van der Waals surface area contributed by atoms with Crippen LogP contribution < -0.4 is 16.1 Å². The molecule has 1 fully saturated rings. The lowest BCUT2D eigenvalue weighted by molar-refractivity contribution is 0.520. The van der Waals surface area contributed by atoms with Crippen molar-refractivity contribution in [3.63, 3.8) is 0 Å². The standard InChI is InChI=1S/C14H20N4O2/c1-10-5-4-7-18(8-6-10)12-11(9-15)13(19)17(3)14(20)16(12)2/h10H,4-8H2,1-3H3/t10-/m0/s1. The van der Waals surface area contributed by atoms with Crippen molar-refractivity contribution >= 4 is 5.82 Å². The van der Waals surface area contributed by atoms with Gasteiger partial charge in [-0.15, -0.1) is 0 Å². The van der Waals surface area contributed by atoms with Gasteiger partial charge >= 0.3 is 5.69 Å². The first kappa shape index (κ1) is 14.4. The van der Waals surface area contributed by atoms with E-state index in [2.05, 4.69) is 6.92 Å². The second kappa shape index (κ2) is 5.53. The van der Waals surface area contributed by atoms with Crippen LogP contribution >= 0.6 is 0 Å². The lowest BCUT2D eigenvalue weighted by atomic mass is 10.0. The van der Waals surface area contributed by atoms with E-state index in [4.69, 9.17) is 0 Å². The Bertz CT molecular complexity index is 665. The van der Waals surface area contributed by atoms with Crippen molar-refractivity contribution in [1.29, 1.82) is 5.26 Å². The Morgan fingerprint density at radius 2 is 1.85 bits per heavy atom. The first-order chi connectivity index (χ1) is 9.47. The van der Waals surface area contributed by atoms with Crippen molar-refractivity contribution in [3.8, 4) is 6.07 Å². The number of hydrogen-bond acceptors (Lipinski definition) is 4. The Labute approximate surface area is 117 Å². The normalized spacial score (nSPS) is 19.5. The molecule has 0 saturated carbocycles. The van der Waals surface area contributed by atoms with E-state index in [0.29, 0.717) is 11.7 Å². The maximum atomic E-state index is 12.1. The molecule has 6 heteroatoms. The third-order valence-corrected chi connectivity index (χ3v) is 4.06. The molecule has 0 N–H and O–H groups in total. The van der Waals surface area contributed by atoms with E-state index >= 15 is 0 Å². The van der Waals surface area contributed by atoms with E-state index in [1.54, 1.807) is 7.05 Å². The molecule has 1 atom stereocenters. The maximum absolute atomic E-state index is 12.1. The summed E-state index contributed by atoms with van der Waals surface area (Å²) in [6, 6.07) is 1.97. The number of hydrogen-bond donors (Lipinski definition) is 0. The highest BCUT2D eigenvalue weighted by molar-refractivity contribution is 5.53. The molecule has 1 aromatic heterocycles. The minimum atomic E-state index is -0.511. The Morgan fingerprint density at radius 3 is 2.50 bits per heavy atom. The number of rotatable bonds is 1. The molecular formula is C14H20N4O2. The fourth-order valence-corrected chi connectivity index (χ4v) is 2.78. The van der Waals surface area contributed by atoms with E-state index in [1.165, 1.54) is 11.6 Å². The topological polar surface area (TPSA) is 71.0 Å². The van der Waals surface area contributed by atoms with E-state index in [1.807, 2.05) is 11.0 Å². The Kier molecular flexibility index (Phi) is 3.98. The SMILES string of the molecule is C[C@H]1CCCN(c2c(C#N)c(=O)n(C)c(=O)n2C)CC1. The smallest absolute Gasteiger partial charge is 0.332 e. The van der Waals surface area contributed by atoms with E-state index in [0.717, 1.165) is 36.9 Å². The summed E-state index contributed by atoms with van der Waals surface area (Å²) >= 11 is 0. The van der Waals surface area contributed by atoms with Crippen LogP contribution in [-0.2, 0) is 14.1 Å². The molecule has 1 aliphatic heterocycles. The molecule has 0 aromatic carbocycles. The van der Waals surface area contributed by atoms with Crippen LogP contribution in [0.1, 0.15) is 31.7 Å². The summed E-state index contributed by atoms with van der Waals surface area (Å²) in [5.41, 5.74) is -0.839. The lowest BCUT2D eigenvalue weighted by Gasteiger charge is -2.25. The minimum Gasteiger partial charge on any atom is -0.357 e. The molecule has 108 valence electrons.